The summed E-state index contributed by atoms with van der Waals surface area (Å²) >= 11 is 0. The van der Waals surface area contributed by atoms with Crippen molar-refractivity contribution in [2.24, 2.45) is 17.6 Å². The molecule has 3 N–H and O–H groups in total. The van der Waals surface area contributed by atoms with Gasteiger partial charge in [-0.3, -0.25) is 4.79 Å². The Hall–Kier alpha value is -0.570. The van der Waals surface area contributed by atoms with Crippen molar-refractivity contribution in [3.8, 4) is 0 Å². The van der Waals surface area contributed by atoms with E-state index in [4.69, 9.17) is 5.73 Å². The van der Waals surface area contributed by atoms with Crippen molar-refractivity contribution in [2.45, 2.75) is 64.8 Å². The predicted molar refractivity (Wildman–Crippen MR) is 71.6 cm³/mol. The molecule has 1 saturated carbocycles. The van der Waals surface area contributed by atoms with Crippen LogP contribution in [0.4, 0.5) is 0 Å². The fourth-order valence-electron chi connectivity index (χ4n) is 2.59. The molecule has 0 spiro atoms. The smallest absolute Gasteiger partial charge is 0.220 e. The lowest BCUT2D eigenvalue weighted by atomic mass is 9.91. The quantitative estimate of drug-likeness (QED) is 0.749. The van der Waals surface area contributed by atoms with Crippen molar-refractivity contribution in [2.75, 3.05) is 6.54 Å². The Bertz CT molecular complexity index is 222. The van der Waals surface area contributed by atoms with E-state index in [0.717, 1.165) is 19.3 Å². The second-order valence-electron chi connectivity index (χ2n) is 5.68. The lowest BCUT2D eigenvalue weighted by molar-refractivity contribution is -0.122. The van der Waals surface area contributed by atoms with Crippen LogP contribution in [0.2, 0.25) is 0 Å². The highest BCUT2D eigenvalue weighted by Crippen LogP contribution is 2.19. The molecule has 0 aliphatic heterocycles. The maximum atomic E-state index is 11.8. The Morgan fingerprint density at radius 3 is 2.47 bits per heavy atom. The van der Waals surface area contributed by atoms with Crippen LogP contribution in [0.1, 0.15) is 58.8 Å². The topological polar surface area (TPSA) is 55.1 Å². The number of carbonyl (C=O) groups excluding carboxylic acids is 1. The fourth-order valence-corrected chi connectivity index (χ4v) is 2.59. The molecule has 1 amide bonds. The summed E-state index contributed by atoms with van der Waals surface area (Å²) in [6.45, 7) is 5.04. The van der Waals surface area contributed by atoms with Gasteiger partial charge in [-0.05, 0) is 37.6 Å². The zero-order valence-corrected chi connectivity index (χ0v) is 11.4. The van der Waals surface area contributed by atoms with E-state index in [1.54, 1.807) is 0 Å². The largest absolute Gasteiger partial charge is 0.353 e. The monoisotopic (exact) mass is 240 g/mol. The van der Waals surface area contributed by atoms with E-state index in [1.165, 1.54) is 19.3 Å². The predicted octanol–water partition coefficient (Wildman–Crippen LogP) is 2.45. The minimum atomic E-state index is 0.219. The number of rotatable bonds is 6. The van der Waals surface area contributed by atoms with E-state index in [2.05, 4.69) is 19.2 Å². The lowest BCUT2D eigenvalue weighted by Crippen LogP contribution is -2.36. The van der Waals surface area contributed by atoms with Gasteiger partial charge in [0.15, 0.2) is 0 Å². The van der Waals surface area contributed by atoms with E-state index in [-0.39, 0.29) is 5.91 Å². The number of hydrogen-bond donors (Lipinski definition) is 2. The molecule has 1 atom stereocenters. The van der Waals surface area contributed by atoms with Gasteiger partial charge < -0.3 is 11.1 Å². The molecule has 0 radical (unpaired) electrons. The average Bonchev–Trinajstić information content (AvgIpc) is 2.30. The molecule has 1 aliphatic rings. The van der Waals surface area contributed by atoms with Crippen molar-refractivity contribution >= 4 is 5.91 Å². The van der Waals surface area contributed by atoms with E-state index in [9.17, 15) is 4.79 Å². The van der Waals surface area contributed by atoms with Gasteiger partial charge in [-0.15, -0.1) is 0 Å². The molecule has 1 unspecified atom stereocenters. The highest BCUT2D eigenvalue weighted by molar-refractivity contribution is 5.76. The lowest BCUT2D eigenvalue weighted by Gasteiger charge is -2.23. The van der Waals surface area contributed by atoms with Crippen molar-refractivity contribution in [3.63, 3.8) is 0 Å². The average molecular weight is 240 g/mol. The van der Waals surface area contributed by atoms with Gasteiger partial charge in [-0.1, -0.05) is 33.1 Å². The summed E-state index contributed by atoms with van der Waals surface area (Å²) in [4.78, 5) is 11.8. The first-order chi connectivity index (χ1) is 8.13. The second-order valence-corrected chi connectivity index (χ2v) is 5.68. The highest BCUT2D eigenvalue weighted by atomic mass is 16.1. The summed E-state index contributed by atoms with van der Waals surface area (Å²) in [6, 6.07) is 0.437. The van der Waals surface area contributed by atoms with Gasteiger partial charge in [0.2, 0.25) is 5.91 Å². The number of carbonyl (C=O) groups is 1. The van der Waals surface area contributed by atoms with E-state index in [0.29, 0.717) is 30.8 Å². The Morgan fingerprint density at radius 1 is 1.29 bits per heavy atom. The molecule has 0 aromatic rings. The van der Waals surface area contributed by atoms with Crippen LogP contribution in [0.3, 0.4) is 0 Å². The van der Waals surface area contributed by atoms with E-state index in [1.807, 2.05) is 0 Å². The first-order valence-electron chi connectivity index (χ1n) is 7.13. The van der Waals surface area contributed by atoms with Gasteiger partial charge in [0, 0.05) is 12.5 Å². The normalized spacial score (nSPS) is 19.3. The molecule has 1 fully saturated rings. The summed E-state index contributed by atoms with van der Waals surface area (Å²) in [5.74, 6) is 1.27. The van der Waals surface area contributed by atoms with Gasteiger partial charge in [0.1, 0.15) is 0 Å². The number of hydrogen-bond acceptors (Lipinski definition) is 2. The SMILES string of the molecule is CC(C)C(CN)CCC(=O)NC1CCCCC1. The minimum absolute atomic E-state index is 0.219. The Kier molecular flexibility index (Phi) is 6.56. The summed E-state index contributed by atoms with van der Waals surface area (Å²) < 4.78 is 0. The fraction of sp³-hybridized carbons (Fsp3) is 0.929. The van der Waals surface area contributed by atoms with Gasteiger partial charge in [-0.25, -0.2) is 0 Å². The molecule has 0 bridgehead atoms. The molecule has 17 heavy (non-hydrogen) atoms. The molecule has 0 heterocycles. The number of nitrogens with two attached hydrogens (primary N) is 1. The van der Waals surface area contributed by atoms with Crippen LogP contribution in [0.15, 0.2) is 0 Å². The molecule has 0 saturated heterocycles. The third-order valence-corrected chi connectivity index (χ3v) is 3.96. The number of amides is 1. The summed E-state index contributed by atoms with van der Waals surface area (Å²) in [7, 11) is 0. The summed E-state index contributed by atoms with van der Waals surface area (Å²) in [6.07, 6.45) is 7.75. The molecule has 1 rings (SSSR count). The zero-order valence-electron chi connectivity index (χ0n) is 11.4. The molecular weight excluding hydrogens is 212 g/mol. The van der Waals surface area contributed by atoms with E-state index < -0.39 is 0 Å². The van der Waals surface area contributed by atoms with Crippen LogP contribution in [-0.2, 0) is 4.79 Å². The zero-order chi connectivity index (χ0) is 12.7. The molecule has 100 valence electrons. The molecule has 3 heteroatoms. The first kappa shape index (κ1) is 14.5. The third kappa shape index (κ3) is 5.53. The highest BCUT2D eigenvalue weighted by Gasteiger charge is 2.17. The van der Waals surface area contributed by atoms with Crippen LogP contribution < -0.4 is 11.1 Å². The van der Waals surface area contributed by atoms with Gasteiger partial charge in [0.25, 0.3) is 0 Å². The standard InChI is InChI=1S/C14H28N2O/c1-11(2)12(10-15)8-9-14(17)16-13-6-4-3-5-7-13/h11-13H,3-10,15H2,1-2H3,(H,16,17). The molecule has 3 nitrogen and oxygen atoms in total. The van der Waals surface area contributed by atoms with Crippen LogP contribution in [0.5, 0.6) is 0 Å². The molecular formula is C14H28N2O. The third-order valence-electron chi connectivity index (χ3n) is 3.96. The summed E-state index contributed by atoms with van der Waals surface area (Å²) in [5.41, 5.74) is 5.71. The summed E-state index contributed by atoms with van der Waals surface area (Å²) in [5, 5.41) is 3.16. The van der Waals surface area contributed by atoms with Gasteiger partial charge in [0.05, 0.1) is 0 Å². The molecule has 0 aromatic heterocycles. The van der Waals surface area contributed by atoms with E-state index >= 15 is 0 Å². The Morgan fingerprint density at radius 2 is 1.94 bits per heavy atom. The Balaban J connectivity index is 2.19. The minimum Gasteiger partial charge on any atom is -0.353 e. The maximum Gasteiger partial charge on any atom is 0.220 e. The number of nitrogens with one attached hydrogen (secondary N) is 1. The van der Waals surface area contributed by atoms with Crippen molar-refractivity contribution in [1.82, 2.24) is 5.32 Å². The van der Waals surface area contributed by atoms with Crippen molar-refractivity contribution in [1.29, 1.82) is 0 Å². The van der Waals surface area contributed by atoms with Crippen LogP contribution in [0.25, 0.3) is 0 Å². The van der Waals surface area contributed by atoms with Crippen LogP contribution in [-0.4, -0.2) is 18.5 Å². The molecule has 1 aliphatic carbocycles. The van der Waals surface area contributed by atoms with Crippen molar-refractivity contribution in [3.05, 3.63) is 0 Å². The first-order valence-corrected chi connectivity index (χ1v) is 7.13. The molecule has 0 aromatic carbocycles. The van der Waals surface area contributed by atoms with Gasteiger partial charge in [-0.2, -0.15) is 0 Å². The van der Waals surface area contributed by atoms with Gasteiger partial charge >= 0.3 is 0 Å². The second kappa shape index (κ2) is 7.70. The van der Waals surface area contributed by atoms with Crippen molar-refractivity contribution < 1.29 is 4.79 Å². The van der Waals surface area contributed by atoms with Crippen LogP contribution in [0, 0.1) is 11.8 Å². The maximum absolute atomic E-state index is 11.8. The van der Waals surface area contributed by atoms with Crippen LogP contribution >= 0.6 is 0 Å². The Labute approximate surface area is 106 Å².